The van der Waals surface area contributed by atoms with Gasteiger partial charge < -0.3 is 0 Å². The monoisotopic (exact) mass is 465 g/mol. The van der Waals surface area contributed by atoms with Crippen molar-refractivity contribution in [3.05, 3.63) is 70.9 Å². The van der Waals surface area contributed by atoms with Gasteiger partial charge in [-0.1, -0.05) is 29.8 Å². The number of rotatable bonds is 5. The van der Waals surface area contributed by atoms with Gasteiger partial charge in [-0.2, -0.15) is 27.1 Å². The fourth-order valence-corrected chi connectivity index (χ4v) is 3.17. The number of hydrogen-bond acceptors (Lipinski definition) is 5. The largest absolute Gasteiger partial charge is 0.459 e. The standard InChI is InChI=1S/C20H16F5N7O/c1-11-4-3-5-13(6-11)9-31-10-26-18(30-31)28-17(33)14-8-16-27-12(2)7-15(32(16)29-14)19(21,22)20(23,24)25/h3-8,10H,9H2,1-2H3,(H,28,30,33). The van der Waals surface area contributed by atoms with Gasteiger partial charge >= 0.3 is 12.1 Å². The number of amides is 1. The molecule has 13 heteroatoms. The molecule has 0 radical (unpaired) electrons. The normalized spacial score (nSPS) is 12.3. The van der Waals surface area contributed by atoms with Crippen molar-refractivity contribution in [2.45, 2.75) is 32.5 Å². The lowest BCUT2D eigenvalue weighted by atomic mass is 10.1. The predicted molar refractivity (Wildman–Crippen MR) is 106 cm³/mol. The van der Waals surface area contributed by atoms with Gasteiger partial charge in [-0.3, -0.25) is 10.1 Å². The average Bonchev–Trinajstić information content (AvgIpc) is 3.33. The molecular formula is C20H16F5N7O. The van der Waals surface area contributed by atoms with Crippen LogP contribution in [-0.2, 0) is 12.5 Å². The number of fused-ring (bicyclic) bond motifs is 1. The molecular weight excluding hydrogens is 449 g/mol. The lowest BCUT2D eigenvalue weighted by Crippen LogP contribution is -2.36. The van der Waals surface area contributed by atoms with E-state index in [-0.39, 0.29) is 17.3 Å². The van der Waals surface area contributed by atoms with Crippen molar-refractivity contribution in [1.82, 2.24) is 29.4 Å². The second-order valence-electron chi connectivity index (χ2n) is 7.36. The molecule has 0 saturated heterocycles. The van der Waals surface area contributed by atoms with Crippen molar-refractivity contribution in [1.29, 1.82) is 0 Å². The number of carbonyl (C=O) groups excluding carboxylic acids is 1. The van der Waals surface area contributed by atoms with E-state index in [1.807, 2.05) is 31.2 Å². The second-order valence-corrected chi connectivity index (χ2v) is 7.36. The van der Waals surface area contributed by atoms with Gasteiger partial charge in [0.1, 0.15) is 12.0 Å². The molecule has 33 heavy (non-hydrogen) atoms. The van der Waals surface area contributed by atoms with Crippen LogP contribution in [0.15, 0.2) is 42.7 Å². The molecule has 1 aromatic carbocycles. The number of alkyl halides is 5. The van der Waals surface area contributed by atoms with Gasteiger partial charge in [0.2, 0.25) is 5.95 Å². The number of halogens is 5. The van der Waals surface area contributed by atoms with Gasteiger partial charge in [0.25, 0.3) is 5.91 Å². The quantitative estimate of drug-likeness (QED) is 0.452. The average molecular weight is 465 g/mol. The Morgan fingerprint density at radius 2 is 1.82 bits per heavy atom. The van der Waals surface area contributed by atoms with Crippen molar-refractivity contribution in [3.8, 4) is 0 Å². The molecule has 0 aliphatic carbocycles. The summed E-state index contributed by atoms with van der Waals surface area (Å²) < 4.78 is 68.5. The molecule has 4 rings (SSSR count). The van der Waals surface area contributed by atoms with Crippen molar-refractivity contribution in [2.24, 2.45) is 0 Å². The topological polar surface area (TPSA) is 90.0 Å². The third-order valence-electron chi connectivity index (χ3n) is 4.65. The first-order chi connectivity index (χ1) is 15.4. The molecule has 0 unspecified atom stereocenters. The fraction of sp³-hybridized carbons (Fsp3) is 0.250. The Balaban J connectivity index is 1.58. The van der Waals surface area contributed by atoms with E-state index in [1.165, 1.54) is 17.9 Å². The number of nitrogens with zero attached hydrogens (tertiary/aromatic N) is 6. The highest BCUT2D eigenvalue weighted by atomic mass is 19.4. The highest BCUT2D eigenvalue weighted by molar-refractivity contribution is 6.02. The minimum atomic E-state index is -5.85. The van der Waals surface area contributed by atoms with E-state index in [9.17, 15) is 26.7 Å². The van der Waals surface area contributed by atoms with E-state index in [2.05, 4.69) is 25.5 Å². The number of nitrogens with one attached hydrogen (secondary N) is 1. The maximum absolute atomic E-state index is 14.0. The highest BCUT2D eigenvalue weighted by Gasteiger charge is 2.60. The van der Waals surface area contributed by atoms with Crippen LogP contribution in [0, 0.1) is 13.8 Å². The molecule has 0 bridgehead atoms. The minimum Gasteiger partial charge on any atom is -0.288 e. The molecule has 0 spiro atoms. The van der Waals surface area contributed by atoms with Gasteiger partial charge in [0, 0.05) is 11.8 Å². The third kappa shape index (κ3) is 4.38. The summed E-state index contributed by atoms with van der Waals surface area (Å²) in [5.74, 6) is -6.18. The van der Waals surface area contributed by atoms with E-state index in [0.717, 1.165) is 17.2 Å². The van der Waals surface area contributed by atoms with Crippen LogP contribution < -0.4 is 5.32 Å². The van der Waals surface area contributed by atoms with E-state index >= 15 is 0 Å². The summed E-state index contributed by atoms with van der Waals surface area (Å²) in [6, 6.07) is 9.26. The molecule has 1 amide bonds. The molecule has 4 aromatic rings. The summed E-state index contributed by atoms with van der Waals surface area (Å²) in [6.45, 7) is 3.59. The smallest absolute Gasteiger partial charge is 0.288 e. The molecule has 3 heterocycles. The Kier molecular flexibility index (Phi) is 5.34. The summed E-state index contributed by atoms with van der Waals surface area (Å²) in [5, 5.41) is 10.1. The van der Waals surface area contributed by atoms with Crippen LogP contribution in [0.5, 0.6) is 0 Å². The first-order valence-corrected chi connectivity index (χ1v) is 9.53. The van der Waals surface area contributed by atoms with E-state index in [1.54, 1.807) is 0 Å². The summed E-state index contributed by atoms with van der Waals surface area (Å²) in [7, 11) is 0. The Morgan fingerprint density at radius 3 is 2.52 bits per heavy atom. The molecule has 0 aliphatic rings. The number of aromatic nitrogens is 6. The zero-order valence-corrected chi connectivity index (χ0v) is 17.2. The summed E-state index contributed by atoms with van der Waals surface area (Å²) in [6.07, 6.45) is -4.47. The number of anilines is 1. The Hall–Kier alpha value is -3.90. The van der Waals surface area contributed by atoms with Gasteiger partial charge in [-0.15, -0.1) is 5.10 Å². The van der Waals surface area contributed by atoms with Gasteiger partial charge in [-0.05, 0) is 25.5 Å². The summed E-state index contributed by atoms with van der Waals surface area (Å²) in [4.78, 5) is 20.4. The molecule has 1 N–H and O–H groups in total. The summed E-state index contributed by atoms with van der Waals surface area (Å²) in [5.41, 5.74) is -0.286. The molecule has 3 aromatic heterocycles. The molecule has 172 valence electrons. The molecule has 0 aliphatic heterocycles. The van der Waals surface area contributed by atoms with Crippen molar-refractivity contribution in [3.63, 3.8) is 0 Å². The Morgan fingerprint density at radius 1 is 1.06 bits per heavy atom. The number of carbonyl (C=O) groups is 1. The van der Waals surface area contributed by atoms with Crippen LogP contribution in [-0.4, -0.2) is 41.4 Å². The Bertz CT molecular complexity index is 1340. The van der Waals surface area contributed by atoms with E-state index in [4.69, 9.17) is 0 Å². The zero-order valence-electron chi connectivity index (χ0n) is 17.2. The first-order valence-electron chi connectivity index (χ1n) is 9.53. The van der Waals surface area contributed by atoms with Gasteiger partial charge in [-0.25, -0.2) is 19.2 Å². The van der Waals surface area contributed by atoms with Gasteiger partial charge in [0.05, 0.1) is 6.54 Å². The minimum absolute atomic E-state index is 0.0882. The van der Waals surface area contributed by atoms with Crippen LogP contribution in [0.25, 0.3) is 5.65 Å². The van der Waals surface area contributed by atoms with Crippen molar-refractivity contribution >= 4 is 17.5 Å². The number of aryl methyl sites for hydroxylation is 2. The van der Waals surface area contributed by atoms with Gasteiger partial charge in [0.15, 0.2) is 11.3 Å². The molecule has 0 saturated carbocycles. The maximum atomic E-state index is 14.0. The van der Waals surface area contributed by atoms with Crippen molar-refractivity contribution in [2.75, 3.05) is 5.32 Å². The van der Waals surface area contributed by atoms with Crippen molar-refractivity contribution < 1.29 is 26.7 Å². The number of benzene rings is 1. The van der Waals surface area contributed by atoms with Crippen LogP contribution in [0.2, 0.25) is 0 Å². The van der Waals surface area contributed by atoms with Crippen LogP contribution in [0.4, 0.5) is 27.9 Å². The lowest BCUT2D eigenvalue weighted by molar-refractivity contribution is -0.291. The van der Waals surface area contributed by atoms with Crippen LogP contribution in [0.3, 0.4) is 0 Å². The molecule has 8 nitrogen and oxygen atoms in total. The Labute approximate surface area is 183 Å². The maximum Gasteiger partial charge on any atom is 0.459 e. The predicted octanol–water partition coefficient (Wildman–Crippen LogP) is 3.89. The zero-order chi connectivity index (χ0) is 24.0. The lowest BCUT2D eigenvalue weighted by Gasteiger charge is -2.20. The third-order valence-corrected chi connectivity index (χ3v) is 4.65. The van der Waals surface area contributed by atoms with Crippen LogP contribution in [0.1, 0.15) is 33.0 Å². The fourth-order valence-electron chi connectivity index (χ4n) is 3.17. The molecule has 0 fully saturated rings. The van der Waals surface area contributed by atoms with E-state index in [0.29, 0.717) is 17.1 Å². The van der Waals surface area contributed by atoms with Crippen LogP contribution >= 0.6 is 0 Å². The first kappa shape index (κ1) is 22.3. The SMILES string of the molecule is Cc1cccc(Cn2cnc(NC(=O)c3cc4nc(C)cc(C(F)(F)C(F)(F)F)n4n3)n2)c1. The molecule has 0 atom stereocenters. The number of hydrogen-bond donors (Lipinski definition) is 1. The summed E-state index contributed by atoms with van der Waals surface area (Å²) >= 11 is 0. The van der Waals surface area contributed by atoms with E-state index < -0.39 is 29.4 Å². The highest BCUT2D eigenvalue weighted by Crippen LogP contribution is 2.43. The second kappa shape index (κ2) is 7.90.